The number of nitrogens with zero attached hydrogens (tertiary/aromatic N) is 1. The van der Waals surface area contributed by atoms with Crippen molar-refractivity contribution in [3.8, 4) is 5.75 Å². The number of pyridine rings is 1. The highest BCUT2D eigenvalue weighted by atomic mass is 16.5. The molecule has 28 heavy (non-hydrogen) atoms. The molecule has 5 heteroatoms. The second-order valence-corrected chi connectivity index (χ2v) is 7.88. The third kappa shape index (κ3) is 5.24. The fraction of sp³-hybridized carbons (Fsp3) is 0.478. The summed E-state index contributed by atoms with van der Waals surface area (Å²) in [4.78, 5) is 17.3. The first kappa shape index (κ1) is 20.2. The van der Waals surface area contributed by atoms with E-state index < -0.39 is 0 Å². The summed E-state index contributed by atoms with van der Waals surface area (Å²) < 4.78 is 5.27. The predicted octanol–water partition coefficient (Wildman–Crippen LogP) is 5.27. The van der Waals surface area contributed by atoms with Gasteiger partial charge in [0.25, 0.3) is 5.91 Å². The second-order valence-electron chi connectivity index (χ2n) is 7.88. The number of hydrogen-bond acceptors (Lipinski definition) is 4. The third-order valence-electron chi connectivity index (χ3n) is 5.42. The van der Waals surface area contributed by atoms with E-state index in [4.69, 9.17) is 4.74 Å². The maximum absolute atomic E-state index is 12.8. The molecule has 0 radical (unpaired) electrons. The van der Waals surface area contributed by atoms with E-state index in [0.717, 1.165) is 29.4 Å². The van der Waals surface area contributed by atoms with E-state index in [1.807, 2.05) is 30.3 Å². The molecule has 0 aliphatic heterocycles. The molecule has 5 nitrogen and oxygen atoms in total. The Kier molecular flexibility index (Phi) is 6.90. The number of ether oxygens (including phenoxy) is 1. The molecule has 0 atom stereocenters. The average molecular weight is 382 g/mol. The van der Waals surface area contributed by atoms with E-state index in [-0.39, 0.29) is 11.8 Å². The van der Waals surface area contributed by atoms with Crippen molar-refractivity contribution in [3.63, 3.8) is 0 Å². The van der Waals surface area contributed by atoms with Crippen molar-refractivity contribution in [1.29, 1.82) is 0 Å². The van der Waals surface area contributed by atoms with Crippen LogP contribution < -0.4 is 15.4 Å². The summed E-state index contributed by atoms with van der Waals surface area (Å²) in [6.45, 7) is 4.96. The summed E-state index contributed by atoms with van der Waals surface area (Å²) in [6.07, 6.45) is 8.02. The zero-order chi connectivity index (χ0) is 19.9. The lowest BCUT2D eigenvalue weighted by Crippen LogP contribution is -2.31. The van der Waals surface area contributed by atoms with Gasteiger partial charge < -0.3 is 15.4 Å². The molecular weight excluding hydrogens is 350 g/mol. The number of amides is 1. The number of anilines is 2. The van der Waals surface area contributed by atoms with Crippen LogP contribution in [-0.4, -0.2) is 24.5 Å². The molecule has 0 spiro atoms. The zero-order valence-electron chi connectivity index (χ0n) is 17.1. The Hall–Kier alpha value is -2.56. The van der Waals surface area contributed by atoms with Gasteiger partial charge in [-0.05, 0) is 48.4 Å². The van der Waals surface area contributed by atoms with Crippen LogP contribution in [0.3, 0.4) is 0 Å². The van der Waals surface area contributed by atoms with Gasteiger partial charge in [-0.2, -0.15) is 0 Å². The highest BCUT2D eigenvalue weighted by Gasteiger charge is 2.18. The first-order valence-corrected chi connectivity index (χ1v) is 10.3. The van der Waals surface area contributed by atoms with E-state index in [1.165, 1.54) is 32.1 Å². The first-order chi connectivity index (χ1) is 13.6. The molecule has 1 aromatic carbocycles. The van der Waals surface area contributed by atoms with Crippen LogP contribution >= 0.6 is 0 Å². The molecule has 1 aliphatic carbocycles. The van der Waals surface area contributed by atoms with Crippen molar-refractivity contribution >= 4 is 17.4 Å². The maximum atomic E-state index is 12.8. The van der Waals surface area contributed by atoms with Crippen LogP contribution in [0.2, 0.25) is 0 Å². The van der Waals surface area contributed by atoms with Crippen LogP contribution in [0.4, 0.5) is 11.5 Å². The minimum Gasteiger partial charge on any atom is -0.497 e. The van der Waals surface area contributed by atoms with E-state index in [2.05, 4.69) is 29.5 Å². The lowest BCUT2D eigenvalue weighted by Gasteiger charge is -2.22. The van der Waals surface area contributed by atoms with Gasteiger partial charge in [0.1, 0.15) is 11.6 Å². The molecule has 0 saturated heterocycles. The maximum Gasteiger partial charge on any atom is 0.253 e. The Morgan fingerprint density at radius 1 is 1.21 bits per heavy atom. The summed E-state index contributed by atoms with van der Waals surface area (Å²) in [5.74, 6) is 2.33. The molecular formula is C23H31N3O2. The average Bonchev–Trinajstić information content (AvgIpc) is 2.72. The van der Waals surface area contributed by atoms with Crippen molar-refractivity contribution in [2.45, 2.75) is 51.9 Å². The number of carbonyl (C=O) groups is 1. The topological polar surface area (TPSA) is 63.2 Å². The minimum absolute atomic E-state index is 0.0188. The van der Waals surface area contributed by atoms with E-state index >= 15 is 0 Å². The minimum atomic E-state index is -0.0188. The van der Waals surface area contributed by atoms with Crippen molar-refractivity contribution in [2.24, 2.45) is 5.92 Å². The van der Waals surface area contributed by atoms with Gasteiger partial charge in [-0.25, -0.2) is 4.98 Å². The van der Waals surface area contributed by atoms with Crippen molar-refractivity contribution in [2.75, 3.05) is 19.0 Å². The number of nitrogens with one attached hydrogen (secondary N) is 2. The Labute approximate surface area is 167 Å². The monoisotopic (exact) mass is 381 g/mol. The number of aromatic nitrogens is 1. The van der Waals surface area contributed by atoms with Crippen LogP contribution in [0.15, 0.2) is 36.5 Å². The molecule has 1 amide bonds. The second kappa shape index (κ2) is 9.58. The van der Waals surface area contributed by atoms with Gasteiger partial charge in [0.05, 0.1) is 12.7 Å². The Bertz CT molecular complexity index is 798. The number of methoxy groups -OCH3 is 1. The highest BCUT2D eigenvalue weighted by molar-refractivity contribution is 5.95. The van der Waals surface area contributed by atoms with Gasteiger partial charge in [0, 0.05) is 24.5 Å². The van der Waals surface area contributed by atoms with Gasteiger partial charge in [-0.15, -0.1) is 0 Å². The molecule has 1 aliphatic rings. The molecule has 2 N–H and O–H groups in total. The van der Waals surface area contributed by atoms with Crippen LogP contribution in [0.25, 0.3) is 0 Å². The highest BCUT2D eigenvalue weighted by Crippen LogP contribution is 2.26. The molecule has 1 aromatic heterocycles. The van der Waals surface area contributed by atoms with Crippen molar-refractivity contribution < 1.29 is 9.53 Å². The zero-order valence-corrected chi connectivity index (χ0v) is 17.1. The number of rotatable bonds is 7. The van der Waals surface area contributed by atoms with Gasteiger partial charge in [0.2, 0.25) is 0 Å². The van der Waals surface area contributed by atoms with E-state index in [0.29, 0.717) is 11.5 Å². The van der Waals surface area contributed by atoms with Crippen LogP contribution in [0.5, 0.6) is 5.75 Å². The molecule has 2 aromatic rings. The largest absolute Gasteiger partial charge is 0.497 e. The third-order valence-corrected chi connectivity index (χ3v) is 5.42. The Balaban J connectivity index is 1.71. The summed E-state index contributed by atoms with van der Waals surface area (Å²) in [5.41, 5.74) is 2.57. The summed E-state index contributed by atoms with van der Waals surface area (Å²) in [7, 11) is 1.65. The fourth-order valence-corrected chi connectivity index (χ4v) is 3.78. The fourth-order valence-electron chi connectivity index (χ4n) is 3.78. The lowest BCUT2D eigenvalue weighted by molar-refractivity contribution is 0.0942. The van der Waals surface area contributed by atoms with Crippen LogP contribution in [0.1, 0.15) is 67.8 Å². The van der Waals surface area contributed by atoms with E-state index in [1.54, 1.807) is 13.3 Å². The molecule has 0 bridgehead atoms. The number of carbonyl (C=O) groups excluding carboxylic acids is 1. The summed E-state index contributed by atoms with van der Waals surface area (Å²) in [5, 5.41) is 6.43. The van der Waals surface area contributed by atoms with Gasteiger partial charge in [-0.3, -0.25) is 4.79 Å². The predicted molar refractivity (Wildman–Crippen MR) is 114 cm³/mol. The number of benzene rings is 1. The van der Waals surface area contributed by atoms with Gasteiger partial charge >= 0.3 is 0 Å². The molecule has 1 fully saturated rings. The van der Waals surface area contributed by atoms with Gasteiger partial charge in [-0.1, -0.05) is 39.2 Å². The SMILES string of the molecule is COc1cccc(Nc2cc(C(C)C)c(C(=O)NCC3CCCCC3)cn2)c1. The summed E-state index contributed by atoms with van der Waals surface area (Å²) in [6, 6.07) is 9.68. The molecule has 150 valence electrons. The number of hydrogen-bond donors (Lipinski definition) is 2. The van der Waals surface area contributed by atoms with Crippen LogP contribution in [0, 0.1) is 5.92 Å². The lowest BCUT2D eigenvalue weighted by atomic mass is 9.89. The smallest absolute Gasteiger partial charge is 0.253 e. The summed E-state index contributed by atoms with van der Waals surface area (Å²) >= 11 is 0. The first-order valence-electron chi connectivity index (χ1n) is 10.3. The standard InChI is InChI=1S/C23H31N3O2/c1-16(2)20-13-22(26-18-10-7-11-19(12-18)28-3)24-15-21(20)23(27)25-14-17-8-5-4-6-9-17/h7,10-13,15-17H,4-6,8-9,14H2,1-3H3,(H,24,26)(H,25,27). The Morgan fingerprint density at radius 3 is 2.71 bits per heavy atom. The van der Waals surface area contributed by atoms with Crippen molar-refractivity contribution in [1.82, 2.24) is 10.3 Å². The molecule has 1 saturated carbocycles. The quantitative estimate of drug-likeness (QED) is 0.686. The van der Waals surface area contributed by atoms with E-state index in [9.17, 15) is 4.79 Å². The van der Waals surface area contributed by atoms with Gasteiger partial charge in [0.15, 0.2) is 0 Å². The Morgan fingerprint density at radius 2 is 2.00 bits per heavy atom. The van der Waals surface area contributed by atoms with Crippen LogP contribution in [-0.2, 0) is 0 Å². The normalized spacial score (nSPS) is 14.7. The molecule has 3 rings (SSSR count). The van der Waals surface area contributed by atoms with Crippen molar-refractivity contribution in [3.05, 3.63) is 47.7 Å². The molecule has 1 heterocycles. The molecule has 0 unspecified atom stereocenters.